The Labute approximate surface area is 160 Å². The van der Waals surface area contributed by atoms with E-state index in [4.69, 9.17) is 4.74 Å². The normalized spacial score (nSPS) is 25.3. The van der Waals surface area contributed by atoms with Crippen LogP contribution in [0.5, 0.6) is 0 Å². The van der Waals surface area contributed by atoms with E-state index in [2.05, 4.69) is 26.2 Å². The second-order valence-corrected chi connectivity index (χ2v) is 7.91. The average Bonchev–Trinajstić information content (AvgIpc) is 2.64. The number of ketones is 1. The Morgan fingerprint density at radius 1 is 0.962 bits per heavy atom. The summed E-state index contributed by atoms with van der Waals surface area (Å²) in [6, 6.07) is 16.4. The predicted molar refractivity (Wildman–Crippen MR) is 101 cm³/mol. The van der Waals surface area contributed by atoms with Crippen molar-refractivity contribution in [3.8, 4) is 0 Å². The molecule has 0 unspecified atom stereocenters. The highest BCUT2D eigenvalue weighted by molar-refractivity contribution is 9.10. The number of nitrogens with zero attached hydrogens (tertiary/aromatic N) is 2. The van der Waals surface area contributed by atoms with E-state index >= 15 is 0 Å². The van der Waals surface area contributed by atoms with Crippen molar-refractivity contribution in [1.29, 1.82) is 0 Å². The van der Waals surface area contributed by atoms with Gasteiger partial charge < -0.3 is 4.74 Å². The zero-order valence-corrected chi connectivity index (χ0v) is 16.4. The summed E-state index contributed by atoms with van der Waals surface area (Å²) in [5, 5.41) is 8.15. The van der Waals surface area contributed by atoms with Gasteiger partial charge in [0.15, 0.2) is 5.78 Å². The van der Waals surface area contributed by atoms with Crippen LogP contribution in [0.25, 0.3) is 0 Å². The zero-order chi connectivity index (χ0) is 18.9. The summed E-state index contributed by atoms with van der Waals surface area (Å²) < 4.78 is 6.58. The first-order chi connectivity index (χ1) is 12.2. The van der Waals surface area contributed by atoms with Crippen LogP contribution in [0.1, 0.15) is 32.4 Å². The van der Waals surface area contributed by atoms with E-state index in [0.717, 1.165) is 10.0 Å². The molecule has 0 radical (unpaired) electrons. The Morgan fingerprint density at radius 2 is 1.58 bits per heavy atom. The number of cyclic esters (lactones) is 1. The Kier molecular flexibility index (Phi) is 4.80. The maximum Gasteiger partial charge on any atom is 0.344 e. The quantitative estimate of drug-likeness (QED) is 0.394. The lowest BCUT2D eigenvalue weighted by Crippen LogP contribution is -2.57. The van der Waals surface area contributed by atoms with Crippen molar-refractivity contribution >= 4 is 33.4 Å². The molecular formula is C20H19BrN2O3. The van der Waals surface area contributed by atoms with Crippen molar-refractivity contribution in [3.63, 3.8) is 0 Å². The Hall–Kier alpha value is -2.34. The summed E-state index contributed by atoms with van der Waals surface area (Å²) in [5.74, 6) is -0.997. The van der Waals surface area contributed by atoms with Crippen molar-refractivity contribution in [3.05, 3.63) is 64.6 Å². The smallest absolute Gasteiger partial charge is 0.344 e. The van der Waals surface area contributed by atoms with Crippen LogP contribution in [0.4, 0.5) is 5.69 Å². The third-order valence-corrected chi connectivity index (χ3v) is 5.13. The van der Waals surface area contributed by atoms with Crippen LogP contribution in [0.2, 0.25) is 0 Å². The highest BCUT2D eigenvalue weighted by Crippen LogP contribution is 2.46. The number of hydrogen-bond donors (Lipinski definition) is 0. The summed E-state index contributed by atoms with van der Waals surface area (Å²) >= 11 is 3.38. The van der Waals surface area contributed by atoms with Gasteiger partial charge in [-0.05, 0) is 50.6 Å². The zero-order valence-electron chi connectivity index (χ0n) is 14.8. The fraction of sp³-hybridized carbons (Fsp3) is 0.300. The topological polar surface area (TPSA) is 68.1 Å². The maximum absolute atomic E-state index is 13.2. The van der Waals surface area contributed by atoms with Gasteiger partial charge in [0.2, 0.25) is 5.54 Å². The molecule has 0 spiro atoms. The van der Waals surface area contributed by atoms with E-state index in [1.807, 2.05) is 42.5 Å². The first kappa shape index (κ1) is 18.5. The lowest BCUT2D eigenvalue weighted by atomic mass is 9.70. The van der Waals surface area contributed by atoms with Gasteiger partial charge in [-0.1, -0.05) is 46.3 Å². The molecule has 0 bridgehead atoms. The number of hydrogen-bond acceptors (Lipinski definition) is 5. The number of esters is 1. The van der Waals surface area contributed by atoms with Gasteiger partial charge in [0.05, 0.1) is 11.1 Å². The van der Waals surface area contributed by atoms with Crippen molar-refractivity contribution < 1.29 is 14.3 Å². The van der Waals surface area contributed by atoms with E-state index in [-0.39, 0.29) is 5.78 Å². The van der Waals surface area contributed by atoms with E-state index < -0.39 is 23.0 Å². The molecule has 0 amide bonds. The molecule has 0 saturated carbocycles. The number of halogens is 1. The third-order valence-electron chi connectivity index (χ3n) is 4.60. The Bertz CT molecular complexity index is 862. The predicted octanol–water partition coefficient (Wildman–Crippen LogP) is 5.18. The first-order valence-electron chi connectivity index (χ1n) is 8.24. The summed E-state index contributed by atoms with van der Waals surface area (Å²) in [7, 11) is 0. The Balaban J connectivity index is 1.94. The summed E-state index contributed by atoms with van der Waals surface area (Å²) in [4.78, 5) is 25.9. The van der Waals surface area contributed by atoms with E-state index in [1.165, 1.54) is 6.92 Å². The van der Waals surface area contributed by atoms with Gasteiger partial charge in [-0.15, -0.1) is 0 Å². The fourth-order valence-electron chi connectivity index (χ4n) is 3.07. The monoisotopic (exact) mass is 414 g/mol. The molecule has 26 heavy (non-hydrogen) atoms. The molecule has 2 aromatic rings. The molecule has 1 aliphatic rings. The van der Waals surface area contributed by atoms with Crippen LogP contribution >= 0.6 is 15.9 Å². The molecule has 1 saturated heterocycles. The minimum Gasteiger partial charge on any atom is -0.454 e. The van der Waals surface area contributed by atoms with Gasteiger partial charge in [0, 0.05) is 4.47 Å². The molecule has 0 aromatic heterocycles. The molecule has 5 nitrogen and oxygen atoms in total. The van der Waals surface area contributed by atoms with Crippen LogP contribution in [0.3, 0.4) is 0 Å². The molecule has 134 valence electrons. The molecule has 1 heterocycles. The lowest BCUT2D eigenvalue weighted by molar-refractivity contribution is -0.180. The lowest BCUT2D eigenvalue weighted by Gasteiger charge is -2.42. The second kappa shape index (κ2) is 6.76. The molecule has 0 N–H and O–H groups in total. The van der Waals surface area contributed by atoms with Crippen LogP contribution in [0, 0.1) is 5.41 Å². The maximum atomic E-state index is 13.2. The van der Waals surface area contributed by atoms with Crippen molar-refractivity contribution in [1.82, 2.24) is 0 Å². The summed E-state index contributed by atoms with van der Waals surface area (Å²) in [6.07, 6.45) is -0.671. The molecule has 2 atom stereocenters. The highest BCUT2D eigenvalue weighted by Gasteiger charge is 2.59. The molecular weight excluding hydrogens is 396 g/mol. The Morgan fingerprint density at radius 3 is 2.19 bits per heavy atom. The van der Waals surface area contributed by atoms with E-state index in [0.29, 0.717) is 5.69 Å². The number of ether oxygens (including phenoxy) is 1. The van der Waals surface area contributed by atoms with Gasteiger partial charge >= 0.3 is 5.97 Å². The van der Waals surface area contributed by atoms with Crippen LogP contribution < -0.4 is 0 Å². The molecule has 3 rings (SSSR count). The highest BCUT2D eigenvalue weighted by atomic mass is 79.9. The van der Waals surface area contributed by atoms with Gasteiger partial charge in [-0.25, -0.2) is 4.79 Å². The number of rotatable bonds is 3. The molecule has 1 fully saturated rings. The van der Waals surface area contributed by atoms with Gasteiger partial charge in [0.25, 0.3) is 0 Å². The minimum absolute atomic E-state index is 0.311. The summed E-state index contributed by atoms with van der Waals surface area (Å²) in [6.45, 7) is 5.00. The largest absolute Gasteiger partial charge is 0.454 e. The van der Waals surface area contributed by atoms with Crippen molar-refractivity contribution in [2.24, 2.45) is 15.6 Å². The van der Waals surface area contributed by atoms with Crippen molar-refractivity contribution in [2.45, 2.75) is 32.4 Å². The van der Waals surface area contributed by atoms with Crippen LogP contribution in [-0.4, -0.2) is 17.3 Å². The fourth-order valence-corrected chi connectivity index (χ4v) is 3.33. The number of Topliss-reactive ketones (excluding diaryl/α,β-unsaturated/α-hetero) is 1. The number of carbonyl (C=O) groups excluding carboxylic acids is 2. The SMILES string of the molecule is CC1(C)C(=O)[C@@](C)(N=Nc2ccccc2)C(=O)O[C@H]1c1ccc(Br)cc1. The van der Waals surface area contributed by atoms with Crippen LogP contribution in [-0.2, 0) is 14.3 Å². The number of azo groups is 1. The summed E-state index contributed by atoms with van der Waals surface area (Å²) in [5.41, 5.74) is -1.26. The van der Waals surface area contributed by atoms with Crippen LogP contribution in [0.15, 0.2) is 69.3 Å². The molecule has 0 aliphatic carbocycles. The number of carbonyl (C=O) groups is 2. The molecule has 2 aromatic carbocycles. The van der Waals surface area contributed by atoms with Gasteiger partial charge in [-0.3, -0.25) is 4.79 Å². The molecule has 6 heteroatoms. The first-order valence-corrected chi connectivity index (χ1v) is 9.04. The molecule has 1 aliphatic heterocycles. The van der Waals surface area contributed by atoms with Gasteiger partial charge in [0.1, 0.15) is 6.10 Å². The number of benzene rings is 2. The second-order valence-electron chi connectivity index (χ2n) is 7.00. The van der Waals surface area contributed by atoms with E-state index in [1.54, 1.807) is 26.0 Å². The average molecular weight is 415 g/mol. The standard InChI is InChI=1S/C20H19BrN2O3/c1-19(2)16(13-9-11-14(21)12-10-13)26-18(25)20(3,17(19)24)23-22-15-7-5-4-6-8-15/h4-12,16H,1-3H3/t16-,20+/m0/s1. The minimum atomic E-state index is -1.66. The van der Waals surface area contributed by atoms with Gasteiger partial charge in [-0.2, -0.15) is 10.2 Å². The van der Waals surface area contributed by atoms with Crippen molar-refractivity contribution in [2.75, 3.05) is 0 Å². The third kappa shape index (κ3) is 3.21. The van der Waals surface area contributed by atoms with E-state index in [9.17, 15) is 9.59 Å².